The Morgan fingerprint density at radius 2 is 2.29 bits per heavy atom. The van der Waals surface area contributed by atoms with E-state index < -0.39 is 17.9 Å². The summed E-state index contributed by atoms with van der Waals surface area (Å²) in [7, 11) is 0. The summed E-state index contributed by atoms with van der Waals surface area (Å²) in [6.45, 7) is 0. The Kier molecular flexibility index (Phi) is 3.14. The van der Waals surface area contributed by atoms with Crippen molar-refractivity contribution in [1.29, 1.82) is 0 Å². The van der Waals surface area contributed by atoms with E-state index in [-0.39, 0.29) is 29.5 Å². The number of amides is 3. The molecule has 1 aliphatic heterocycles. The quantitative estimate of drug-likeness (QED) is 0.753. The molecule has 0 aromatic carbocycles. The molecule has 3 amide bonds. The van der Waals surface area contributed by atoms with Gasteiger partial charge >= 0.3 is 0 Å². The lowest BCUT2D eigenvalue weighted by atomic mass is 10.1. The van der Waals surface area contributed by atoms with Crippen LogP contribution in [0.1, 0.15) is 23.2 Å². The van der Waals surface area contributed by atoms with Gasteiger partial charge in [-0.2, -0.15) is 0 Å². The highest BCUT2D eigenvalue weighted by atomic mass is 35.5. The SMILES string of the molecule is O=C1CCC(NC(=O)c2ccoc2Cl)C(=O)N1. The number of carbonyl (C=O) groups excluding carboxylic acids is 3. The summed E-state index contributed by atoms with van der Waals surface area (Å²) in [5, 5.41) is 4.60. The zero-order valence-electron chi connectivity index (χ0n) is 8.66. The first-order chi connectivity index (χ1) is 8.08. The Morgan fingerprint density at radius 1 is 1.53 bits per heavy atom. The fourth-order valence-electron chi connectivity index (χ4n) is 1.52. The lowest BCUT2D eigenvalue weighted by molar-refractivity contribution is -0.134. The second kappa shape index (κ2) is 4.58. The first kappa shape index (κ1) is 11.7. The zero-order valence-corrected chi connectivity index (χ0v) is 9.41. The highest BCUT2D eigenvalue weighted by Gasteiger charge is 2.28. The van der Waals surface area contributed by atoms with Crippen molar-refractivity contribution in [3.63, 3.8) is 0 Å². The third-order valence-electron chi connectivity index (χ3n) is 2.41. The fraction of sp³-hybridized carbons (Fsp3) is 0.300. The summed E-state index contributed by atoms with van der Waals surface area (Å²) in [4.78, 5) is 34.0. The van der Waals surface area contributed by atoms with Gasteiger partial charge in [0, 0.05) is 6.42 Å². The number of nitrogens with one attached hydrogen (secondary N) is 2. The van der Waals surface area contributed by atoms with Crippen molar-refractivity contribution in [3.8, 4) is 0 Å². The van der Waals surface area contributed by atoms with Gasteiger partial charge in [0.15, 0.2) is 0 Å². The number of furan rings is 1. The van der Waals surface area contributed by atoms with Crippen molar-refractivity contribution in [2.45, 2.75) is 18.9 Å². The van der Waals surface area contributed by atoms with Gasteiger partial charge in [0.05, 0.1) is 11.8 Å². The second-order valence-electron chi connectivity index (χ2n) is 3.59. The van der Waals surface area contributed by atoms with Gasteiger partial charge in [-0.1, -0.05) is 0 Å². The van der Waals surface area contributed by atoms with E-state index in [1.807, 2.05) is 0 Å². The molecule has 2 heterocycles. The molecule has 1 aliphatic rings. The van der Waals surface area contributed by atoms with Crippen LogP contribution in [0.2, 0.25) is 5.22 Å². The summed E-state index contributed by atoms with van der Waals surface area (Å²) < 4.78 is 4.77. The molecule has 1 saturated heterocycles. The van der Waals surface area contributed by atoms with Crippen LogP contribution in [-0.4, -0.2) is 23.8 Å². The molecular formula is C10H9ClN2O4. The van der Waals surface area contributed by atoms with Gasteiger partial charge in [-0.25, -0.2) is 0 Å². The number of hydrogen-bond acceptors (Lipinski definition) is 4. The molecule has 1 aromatic heterocycles. The molecule has 7 heteroatoms. The van der Waals surface area contributed by atoms with Crippen molar-refractivity contribution < 1.29 is 18.8 Å². The summed E-state index contributed by atoms with van der Waals surface area (Å²) in [6, 6.07) is 0.690. The van der Waals surface area contributed by atoms with E-state index in [4.69, 9.17) is 16.0 Å². The minimum Gasteiger partial charge on any atom is -0.452 e. The summed E-state index contributed by atoms with van der Waals surface area (Å²) in [6.07, 6.45) is 1.77. The normalized spacial score (nSPS) is 19.9. The molecule has 17 heavy (non-hydrogen) atoms. The highest BCUT2D eigenvalue weighted by Crippen LogP contribution is 2.17. The molecule has 0 saturated carbocycles. The molecule has 1 atom stereocenters. The van der Waals surface area contributed by atoms with Gasteiger partial charge < -0.3 is 9.73 Å². The van der Waals surface area contributed by atoms with Gasteiger partial charge in [-0.05, 0) is 24.1 Å². The number of halogens is 1. The zero-order chi connectivity index (χ0) is 12.4. The standard InChI is InChI=1S/C10H9ClN2O4/c11-8-5(3-4-17-8)9(15)12-6-1-2-7(14)13-10(6)16/h3-4,6H,1-2H2,(H,12,15)(H,13,14,16). The van der Waals surface area contributed by atoms with E-state index in [1.54, 1.807) is 0 Å². The lowest BCUT2D eigenvalue weighted by Gasteiger charge is -2.21. The molecule has 1 fully saturated rings. The molecule has 6 nitrogen and oxygen atoms in total. The highest BCUT2D eigenvalue weighted by molar-refractivity contribution is 6.32. The van der Waals surface area contributed by atoms with Crippen molar-refractivity contribution in [3.05, 3.63) is 23.1 Å². The topological polar surface area (TPSA) is 88.4 Å². The smallest absolute Gasteiger partial charge is 0.256 e. The van der Waals surface area contributed by atoms with Gasteiger partial charge in [0.1, 0.15) is 6.04 Å². The Hall–Kier alpha value is -1.82. The largest absolute Gasteiger partial charge is 0.452 e. The van der Waals surface area contributed by atoms with Crippen LogP contribution >= 0.6 is 11.6 Å². The van der Waals surface area contributed by atoms with Crippen molar-refractivity contribution >= 4 is 29.3 Å². The third kappa shape index (κ3) is 2.47. The lowest BCUT2D eigenvalue weighted by Crippen LogP contribution is -2.52. The number of imide groups is 1. The van der Waals surface area contributed by atoms with E-state index in [0.717, 1.165) is 0 Å². The average Bonchev–Trinajstić information content (AvgIpc) is 2.68. The molecule has 0 radical (unpaired) electrons. The van der Waals surface area contributed by atoms with Gasteiger partial charge in [0.25, 0.3) is 5.91 Å². The van der Waals surface area contributed by atoms with Crippen LogP contribution in [0.15, 0.2) is 16.7 Å². The third-order valence-corrected chi connectivity index (χ3v) is 2.70. The van der Waals surface area contributed by atoms with Crippen LogP contribution in [0.5, 0.6) is 0 Å². The predicted molar refractivity (Wildman–Crippen MR) is 57.4 cm³/mol. The predicted octanol–water partition coefficient (Wildman–Crippen LogP) is 0.468. The van der Waals surface area contributed by atoms with E-state index in [0.29, 0.717) is 0 Å². The molecule has 2 rings (SSSR count). The maximum absolute atomic E-state index is 11.7. The van der Waals surface area contributed by atoms with Gasteiger partial charge in [0.2, 0.25) is 17.0 Å². The molecule has 90 valence electrons. The van der Waals surface area contributed by atoms with E-state index in [1.165, 1.54) is 12.3 Å². The van der Waals surface area contributed by atoms with Gasteiger partial charge in [-0.15, -0.1) is 0 Å². The maximum Gasteiger partial charge on any atom is 0.256 e. The molecule has 1 aromatic rings. The minimum absolute atomic E-state index is 0.0326. The monoisotopic (exact) mass is 256 g/mol. The van der Waals surface area contributed by atoms with Crippen LogP contribution in [0.4, 0.5) is 0 Å². The van der Waals surface area contributed by atoms with Crippen LogP contribution in [-0.2, 0) is 9.59 Å². The van der Waals surface area contributed by atoms with Crippen molar-refractivity contribution in [2.24, 2.45) is 0 Å². The Balaban J connectivity index is 2.02. The first-order valence-electron chi connectivity index (χ1n) is 4.95. The minimum atomic E-state index is -0.717. The molecule has 1 unspecified atom stereocenters. The molecule has 2 N–H and O–H groups in total. The number of rotatable bonds is 2. The number of piperidine rings is 1. The number of hydrogen-bond donors (Lipinski definition) is 2. The molecule has 0 spiro atoms. The van der Waals surface area contributed by atoms with E-state index in [9.17, 15) is 14.4 Å². The van der Waals surface area contributed by atoms with Crippen LogP contribution in [0.3, 0.4) is 0 Å². The van der Waals surface area contributed by atoms with Crippen molar-refractivity contribution in [2.75, 3.05) is 0 Å². The van der Waals surface area contributed by atoms with Crippen LogP contribution in [0.25, 0.3) is 0 Å². The van der Waals surface area contributed by atoms with Crippen LogP contribution < -0.4 is 10.6 Å². The molecule has 0 bridgehead atoms. The number of carbonyl (C=O) groups is 3. The van der Waals surface area contributed by atoms with Crippen molar-refractivity contribution in [1.82, 2.24) is 10.6 Å². The average molecular weight is 257 g/mol. The second-order valence-corrected chi connectivity index (χ2v) is 3.93. The van der Waals surface area contributed by atoms with E-state index in [2.05, 4.69) is 10.6 Å². The fourth-order valence-corrected chi connectivity index (χ4v) is 1.72. The maximum atomic E-state index is 11.7. The van der Waals surface area contributed by atoms with Crippen LogP contribution in [0, 0.1) is 0 Å². The Labute approximate surface area is 101 Å². The molecule has 0 aliphatic carbocycles. The van der Waals surface area contributed by atoms with E-state index >= 15 is 0 Å². The summed E-state index contributed by atoms with van der Waals surface area (Å²) >= 11 is 5.63. The first-order valence-corrected chi connectivity index (χ1v) is 5.33. The Bertz CT molecular complexity index is 482. The summed E-state index contributed by atoms with van der Waals surface area (Å²) in [5.41, 5.74) is 0.163. The summed E-state index contributed by atoms with van der Waals surface area (Å²) in [5.74, 6) is -1.34. The van der Waals surface area contributed by atoms with Gasteiger partial charge in [-0.3, -0.25) is 19.7 Å². The Morgan fingerprint density at radius 3 is 2.88 bits per heavy atom. The molecular weight excluding hydrogens is 248 g/mol.